The average molecular weight is 380 g/mol. The SMILES string of the molecule is Cc1nc2ccccc2c(=O)n1-c1ccc2c(c1)nc(C)n2Cc1ccccc1. The van der Waals surface area contributed by atoms with Crippen molar-refractivity contribution in [3.05, 3.63) is 100 Å². The summed E-state index contributed by atoms with van der Waals surface area (Å²) in [5.41, 5.74) is 4.58. The second-order valence-electron chi connectivity index (χ2n) is 7.22. The van der Waals surface area contributed by atoms with E-state index >= 15 is 0 Å². The van der Waals surface area contributed by atoms with Crippen LogP contribution in [0, 0.1) is 13.8 Å². The second-order valence-corrected chi connectivity index (χ2v) is 7.22. The molecule has 29 heavy (non-hydrogen) atoms. The van der Waals surface area contributed by atoms with Crippen molar-refractivity contribution in [1.29, 1.82) is 0 Å². The van der Waals surface area contributed by atoms with Crippen LogP contribution in [0.2, 0.25) is 0 Å². The van der Waals surface area contributed by atoms with E-state index in [1.807, 2.05) is 74.5 Å². The molecule has 0 atom stereocenters. The zero-order valence-electron chi connectivity index (χ0n) is 16.3. The smallest absolute Gasteiger partial charge is 0.265 e. The van der Waals surface area contributed by atoms with Crippen LogP contribution < -0.4 is 5.56 Å². The first-order chi connectivity index (χ1) is 14.1. The van der Waals surface area contributed by atoms with Crippen molar-refractivity contribution in [2.24, 2.45) is 0 Å². The first-order valence-electron chi connectivity index (χ1n) is 9.61. The largest absolute Gasteiger partial charge is 0.324 e. The molecule has 2 heterocycles. The van der Waals surface area contributed by atoms with Crippen LogP contribution in [0.4, 0.5) is 0 Å². The topological polar surface area (TPSA) is 52.7 Å². The van der Waals surface area contributed by atoms with Crippen LogP contribution in [0.1, 0.15) is 17.2 Å². The van der Waals surface area contributed by atoms with Crippen LogP contribution in [0.5, 0.6) is 0 Å². The lowest BCUT2D eigenvalue weighted by Crippen LogP contribution is -2.22. The Hall–Kier alpha value is -3.73. The van der Waals surface area contributed by atoms with Gasteiger partial charge in [-0.1, -0.05) is 42.5 Å². The molecule has 0 aliphatic carbocycles. The van der Waals surface area contributed by atoms with Crippen LogP contribution >= 0.6 is 0 Å². The number of imidazole rings is 1. The number of rotatable bonds is 3. The maximum Gasteiger partial charge on any atom is 0.265 e. The fourth-order valence-electron chi connectivity index (χ4n) is 3.89. The molecular weight excluding hydrogens is 360 g/mol. The Bertz CT molecular complexity index is 1410. The highest BCUT2D eigenvalue weighted by molar-refractivity contribution is 5.80. The summed E-state index contributed by atoms with van der Waals surface area (Å²) in [6.45, 7) is 4.63. The fourth-order valence-corrected chi connectivity index (χ4v) is 3.89. The minimum absolute atomic E-state index is 0.0621. The predicted molar refractivity (Wildman–Crippen MR) is 116 cm³/mol. The van der Waals surface area contributed by atoms with Gasteiger partial charge < -0.3 is 4.57 Å². The summed E-state index contributed by atoms with van der Waals surface area (Å²) < 4.78 is 3.86. The van der Waals surface area contributed by atoms with Crippen LogP contribution in [0.25, 0.3) is 27.6 Å². The van der Waals surface area contributed by atoms with Crippen molar-refractivity contribution < 1.29 is 0 Å². The Labute approximate surface area is 167 Å². The fraction of sp³-hybridized carbons (Fsp3) is 0.125. The molecule has 3 aromatic carbocycles. The predicted octanol–water partition coefficient (Wildman–Crippen LogP) is 4.40. The van der Waals surface area contributed by atoms with Gasteiger partial charge in [-0.2, -0.15) is 0 Å². The Morgan fingerprint density at radius 3 is 2.34 bits per heavy atom. The molecule has 0 bridgehead atoms. The zero-order chi connectivity index (χ0) is 20.0. The minimum Gasteiger partial charge on any atom is -0.324 e. The third-order valence-electron chi connectivity index (χ3n) is 5.31. The number of hydrogen-bond donors (Lipinski definition) is 0. The highest BCUT2D eigenvalue weighted by Gasteiger charge is 2.13. The molecule has 0 fully saturated rings. The Kier molecular flexibility index (Phi) is 4.02. The van der Waals surface area contributed by atoms with Crippen molar-refractivity contribution >= 4 is 21.9 Å². The van der Waals surface area contributed by atoms with Gasteiger partial charge >= 0.3 is 0 Å². The summed E-state index contributed by atoms with van der Waals surface area (Å²) in [6, 6.07) is 23.8. The lowest BCUT2D eigenvalue weighted by Gasteiger charge is -2.11. The monoisotopic (exact) mass is 380 g/mol. The van der Waals surface area contributed by atoms with Crippen LogP contribution in [-0.2, 0) is 6.54 Å². The summed E-state index contributed by atoms with van der Waals surface area (Å²) in [6.07, 6.45) is 0. The van der Waals surface area contributed by atoms with Crippen molar-refractivity contribution in [2.45, 2.75) is 20.4 Å². The van der Waals surface area contributed by atoms with Gasteiger partial charge in [-0.3, -0.25) is 9.36 Å². The molecule has 5 nitrogen and oxygen atoms in total. The normalized spacial score (nSPS) is 11.4. The van der Waals surface area contributed by atoms with Crippen molar-refractivity contribution in [3.8, 4) is 5.69 Å². The summed E-state index contributed by atoms with van der Waals surface area (Å²) >= 11 is 0. The van der Waals surface area contributed by atoms with Crippen molar-refractivity contribution in [3.63, 3.8) is 0 Å². The van der Waals surface area contributed by atoms with Gasteiger partial charge in [0.05, 0.1) is 27.6 Å². The molecule has 0 amide bonds. The zero-order valence-corrected chi connectivity index (χ0v) is 16.3. The molecule has 0 saturated carbocycles. The summed E-state index contributed by atoms with van der Waals surface area (Å²) in [5.74, 6) is 1.61. The van der Waals surface area contributed by atoms with Gasteiger partial charge in [-0.25, -0.2) is 9.97 Å². The summed E-state index contributed by atoms with van der Waals surface area (Å²) in [5, 5.41) is 0.615. The molecule has 5 heteroatoms. The average Bonchev–Trinajstić information content (AvgIpc) is 3.03. The lowest BCUT2D eigenvalue weighted by molar-refractivity contribution is 0.786. The molecule has 5 rings (SSSR count). The van der Waals surface area contributed by atoms with E-state index in [2.05, 4.69) is 21.7 Å². The van der Waals surface area contributed by atoms with E-state index in [9.17, 15) is 4.79 Å². The molecular formula is C24H20N4O. The molecule has 0 aliphatic rings. The second kappa shape index (κ2) is 6.71. The van der Waals surface area contributed by atoms with E-state index in [-0.39, 0.29) is 5.56 Å². The van der Waals surface area contributed by atoms with Gasteiger partial charge in [0.1, 0.15) is 11.6 Å². The Morgan fingerprint density at radius 1 is 0.793 bits per heavy atom. The number of aryl methyl sites for hydroxylation is 2. The molecule has 0 spiro atoms. The van der Waals surface area contributed by atoms with E-state index in [0.717, 1.165) is 34.6 Å². The van der Waals surface area contributed by atoms with Crippen molar-refractivity contribution in [2.75, 3.05) is 0 Å². The van der Waals surface area contributed by atoms with Crippen LogP contribution in [0.15, 0.2) is 77.6 Å². The van der Waals surface area contributed by atoms with Crippen LogP contribution in [-0.4, -0.2) is 19.1 Å². The van der Waals surface area contributed by atoms with Gasteiger partial charge in [0.2, 0.25) is 0 Å². The van der Waals surface area contributed by atoms with Gasteiger partial charge in [0, 0.05) is 6.54 Å². The maximum absolute atomic E-state index is 13.1. The summed E-state index contributed by atoms with van der Waals surface area (Å²) in [7, 11) is 0. The van der Waals surface area contributed by atoms with E-state index in [1.54, 1.807) is 4.57 Å². The molecule has 0 radical (unpaired) electrons. The number of para-hydroxylation sites is 1. The molecule has 0 aliphatic heterocycles. The number of fused-ring (bicyclic) bond motifs is 2. The summed E-state index contributed by atoms with van der Waals surface area (Å²) in [4.78, 5) is 22.4. The number of hydrogen-bond acceptors (Lipinski definition) is 3. The number of aromatic nitrogens is 4. The highest BCUT2D eigenvalue weighted by atomic mass is 16.1. The van der Waals surface area contributed by atoms with E-state index in [0.29, 0.717) is 11.2 Å². The number of benzene rings is 3. The molecule has 0 N–H and O–H groups in total. The van der Waals surface area contributed by atoms with Gasteiger partial charge in [0.15, 0.2) is 0 Å². The number of nitrogens with zero attached hydrogens (tertiary/aromatic N) is 4. The van der Waals surface area contributed by atoms with E-state index in [1.165, 1.54) is 5.56 Å². The first kappa shape index (κ1) is 17.4. The third kappa shape index (κ3) is 2.91. The molecule has 2 aromatic heterocycles. The minimum atomic E-state index is -0.0621. The maximum atomic E-state index is 13.1. The highest BCUT2D eigenvalue weighted by Crippen LogP contribution is 2.22. The molecule has 0 unspecified atom stereocenters. The standard InChI is InChI=1S/C24H20N4O/c1-16-25-22-14-19(12-13-23(22)27(16)15-18-8-4-3-5-9-18)28-17(2)26-21-11-7-6-10-20(21)24(28)29/h3-14H,15H2,1-2H3. The van der Waals surface area contributed by atoms with Gasteiger partial charge in [-0.05, 0) is 49.7 Å². The van der Waals surface area contributed by atoms with Gasteiger partial charge in [-0.15, -0.1) is 0 Å². The van der Waals surface area contributed by atoms with Crippen molar-refractivity contribution in [1.82, 2.24) is 19.1 Å². The van der Waals surface area contributed by atoms with E-state index in [4.69, 9.17) is 4.98 Å². The lowest BCUT2D eigenvalue weighted by atomic mass is 10.2. The Balaban J connectivity index is 1.65. The molecule has 5 aromatic rings. The third-order valence-corrected chi connectivity index (χ3v) is 5.31. The molecule has 0 saturated heterocycles. The molecule has 142 valence electrons. The van der Waals surface area contributed by atoms with Gasteiger partial charge in [0.25, 0.3) is 5.56 Å². The van der Waals surface area contributed by atoms with E-state index < -0.39 is 0 Å². The Morgan fingerprint density at radius 2 is 1.52 bits per heavy atom. The quantitative estimate of drug-likeness (QED) is 0.466. The van der Waals surface area contributed by atoms with Crippen LogP contribution in [0.3, 0.4) is 0 Å². The first-order valence-corrected chi connectivity index (χ1v) is 9.61.